The lowest BCUT2D eigenvalue weighted by molar-refractivity contribution is 0.0194. The number of guanidine groups is 1. The molecule has 8 heteroatoms. The Morgan fingerprint density at radius 3 is 2.77 bits per heavy atom. The monoisotopic (exact) mass is 531 g/mol. The summed E-state index contributed by atoms with van der Waals surface area (Å²) in [6, 6.07) is 5.71. The van der Waals surface area contributed by atoms with Gasteiger partial charge in [0.05, 0.1) is 18.9 Å². The van der Waals surface area contributed by atoms with Crippen LogP contribution in [0.3, 0.4) is 0 Å². The summed E-state index contributed by atoms with van der Waals surface area (Å²) in [4.78, 5) is 4.64. The number of aryl methyl sites for hydroxylation is 2. The molecule has 7 nitrogen and oxygen atoms in total. The molecule has 1 fully saturated rings. The van der Waals surface area contributed by atoms with Crippen LogP contribution in [-0.2, 0) is 16.8 Å². The summed E-state index contributed by atoms with van der Waals surface area (Å²) in [6.45, 7) is 7.91. The number of aliphatic hydroxyl groups is 1. The Kier molecular flexibility index (Phi) is 9.70. The zero-order chi connectivity index (χ0) is 20.7. The molecule has 168 valence electrons. The summed E-state index contributed by atoms with van der Waals surface area (Å²) in [5.74, 6) is 3.08. The number of hydrogen-bond acceptors (Lipinski definition) is 5. The van der Waals surface area contributed by atoms with Crippen LogP contribution in [0.4, 0.5) is 0 Å². The summed E-state index contributed by atoms with van der Waals surface area (Å²) >= 11 is 0. The van der Waals surface area contributed by atoms with Crippen LogP contribution in [0.2, 0.25) is 0 Å². The maximum atomic E-state index is 11.0. The van der Waals surface area contributed by atoms with Crippen molar-refractivity contribution in [2.45, 2.75) is 58.2 Å². The molecular formula is C22H34IN3O4. The maximum Gasteiger partial charge on any atom is 0.191 e. The molecule has 0 bridgehead atoms. The van der Waals surface area contributed by atoms with Crippen molar-refractivity contribution >= 4 is 29.9 Å². The number of halogens is 1. The topological polar surface area (TPSA) is 92.2 Å². The lowest BCUT2D eigenvalue weighted by Gasteiger charge is -2.25. The number of nitrogens with one attached hydrogen (secondary N) is 2. The van der Waals surface area contributed by atoms with E-state index in [1.165, 1.54) is 6.42 Å². The molecule has 2 aromatic rings. The average Bonchev–Trinajstić information content (AvgIpc) is 3.33. The molecule has 2 aromatic heterocycles. The van der Waals surface area contributed by atoms with Gasteiger partial charge in [-0.1, -0.05) is 0 Å². The van der Waals surface area contributed by atoms with Crippen molar-refractivity contribution in [2.75, 3.05) is 26.2 Å². The zero-order valence-electron chi connectivity index (χ0n) is 18.1. The van der Waals surface area contributed by atoms with Crippen LogP contribution in [0.1, 0.15) is 49.0 Å². The first-order valence-electron chi connectivity index (χ1n) is 10.4. The highest BCUT2D eigenvalue weighted by Gasteiger charge is 2.27. The standard InChI is InChI=1S/C22H33N3O4.HI/c1-16-13-20(17(2)29-16)22(3,26)15-25-21(23-10-9-18-8-6-12-27-18)24-14-19-7-4-5-11-28-19;/h6,8,12-13,19,26H,4-5,7,9-11,14-15H2,1-3H3,(H2,23,24,25);1H. The Balaban J connectivity index is 0.00000320. The molecule has 0 saturated carbocycles. The smallest absolute Gasteiger partial charge is 0.191 e. The number of nitrogens with zero attached hydrogens (tertiary/aromatic N) is 1. The van der Waals surface area contributed by atoms with E-state index < -0.39 is 5.60 Å². The molecule has 0 radical (unpaired) electrons. The van der Waals surface area contributed by atoms with Crippen molar-refractivity contribution < 1.29 is 18.7 Å². The first-order valence-corrected chi connectivity index (χ1v) is 10.4. The largest absolute Gasteiger partial charge is 0.469 e. The van der Waals surface area contributed by atoms with E-state index in [0.29, 0.717) is 19.0 Å². The molecule has 0 amide bonds. The van der Waals surface area contributed by atoms with Crippen LogP contribution in [0.5, 0.6) is 0 Å². The summed E-state index contributed by atoms with van der Waals surface area (Å²) in [5.41, 5.74) is -0.344. The molecule has 3 N–H and O–H groups in total. The number of rotatable bonds is 8. The Labute approximate surface area is 195 Å². The molecule has 1 saturated heterocycles. The highest BCUT2D eigenvalue weighted by atomic mass is 127. The number of ether oxygens (including phenoxy) is 1. The van der Waals surface area contributed by atoms with Gasteiger partial charge in [-0.25, -0.2) is 4.99 Å². The van der Waals surface area contributed by atoms with E-state index in [0.717, 1.165) is 48.7 Å². The third-order valence-corrected chi connectivity index (χ3v) is 5.18. The summed E-state index contributed by atoms with van der Waals surface area (Å²) in [6.07, 6.45) is 6.00. The lowest BCUT2D eigenvalue weighted by Crippen LogP contribution is -2.44. The first kappa shape index (κ1) is 24.7. The van der Waals surface area contributed by atoms with E-state index in [2.05, 4.69) is 15.6 Å². The van der Waals surface area contributed by atoms with Crippen LogP contribution in [0, 0.1) is 13.8 Å². The van der Waals surface area contributed by atoms with E-state index in [-0.39, 0.29) is 36.6 Å². The number of furan rings is 2. The van der Waals surface area contributed by atoms with E-state index in [1.807, 2.05) is 32.0 Å². The average molecular weight is 531 g/mol. The number of hydrogen-bond donors (Lipinski definition) is 3. The highest BCUT2D eigenvalue weighted by molar-refractivity contribution is 14.0. The van der Waals surface area contributed by atoms with E-state index in [1.54, 1.807) is 13.2 Å². The molecule has 1 aliphatic rings. The second kappa shape index (κ2) is 11.8. The second-order valence-electron chi connectivity index (χ2n) is 7.89. The van der Waals surface area contributed by atoms with E-state index in [9.17, 15) is 5.11 Å². The first-order chi connectivity index (χ1) is 13.9. The number of aliphatic imine (C=N–C) groups is 1. The van der Waals surface area contributed by atoms with Crippen LogP contribution in [0.15, 0.2) is 38.3 Å². The molecular weight excluding hydrogens is 497 g/mol. The minimum Gasteiger partial charge on any atom is -0.469 e. The third kappa shape index (κ3) is 7.31. The van der Waals surface area contributed by atoms with Crippen molar-refractivity contribution in [1.29, 1.82) is 0 Å². The molecule has 3 heterocycles. The summed E-state index contributed by atoms with van der Waals surface area (Å²) in [5, 5.41) is 17.7. The SMILES string of the molecule is Cc1cc(C(C)(O)CN=C(NCCc2ccco2)NCC2CCCCO2)c(C)o1.I. The lowest BCUT2D eigenvalue weighted by atomic mass is 9.96. The van der Waals surface area contributed by atoms with Gasteiger partial charge in [-0.15, -0.1) is 24.0 Å². The van der Waals surface area contributed by atoms with Crippen molar-refractivity contribution in [3.63, 3.8) is 0 Å². The van der Waals surface area contributed by atoms with Crippen LogP contribution < -0.4 is 10.6 Å². The van der Waals surface area contributed by atoms with Crippen LogP contribution in [-0.4, -0.2) is 43.4 Å². The van der Waals surface area contributed by atoms with Gasteiger partial charge in [-0.3, -0.25) is 0 Å². The minimum atomic E-state index is -1.11. The molecule has 30 heavy (non-hydrogen) atoms. The quantitative estimate of drug-likeness (QED) is 0.274. The van der Waals surface area contributed by atoms with Gasteiger partial charge in [-0.2, -0.15) is 0 Å². The van der Waals surface area contributed by atoms with Gasteiger partial charge in [0.2, 0.25) is 0 Å². The van der Waals surface area contributed by atoms with Gasteiger partial charge >= 0.3 is 0 Å². The zero-order valence-corrected chi connectivity index (χ0v) is 20.4. The highest BCUT2D eigenvalue weighted by Crippen LogP contribution is 2.27. The Bertz CT molecular complexity index is 780. The summed E-state index contributed by atoms with van der Waals surface area (Å²) in [7, 11) is 0. The van der Waals surface area contributed by atoms with E-state index in [4.69, 9.17) is 13.6 Å². The fraction of sp³-hybridized carbons (Fsp3) is 0.591. The van der Waals surface area contributed by atoms with Crippen molar-refractivity contribution in [2.24, 2.45) is 4.99 Å². The molecule has 0 aromatic carbocycles. The van der Waals surface area contributed by atoms with E-state index >= 15 is 0 Å². The molecule has 2 atom stereocenters. The van der Waals surface area contributed by atoms with Crippen molar-refractivity contribution in [3.8, 4) is 0 Å². The molecule has 0 aliphatic carbocycles. The Hall–Kier alpha value is -1.52. The fourth-order valence-corrected chi connectivity index (χ4v) is 3.60. The van der Waals surface area contributed by atoms with Gasteiger partial charge in [0.15, 0.2) is 5.96 Å². The van der Waals surface area contributed by atoms with Crippen LogP contribution in [0.25, 0.3) is 0 Å². The fourth-order valence-electron chi connectivity index (χ4n) is 3.60. The Morgan fingerprint density at radius 2 is 2.13 bits per heavy atom. The van der Waals surface area contributed by atoms with Gasteiger partial charge in [-0.05, 0) is 58.2 Å². The van der Waals surface area contributed by atoms with Gasteiger partial charge in [0, 0.05) is 31.7 Å². The third-order valence-electron chi connectivity index (χ3n) is 5.18. The van der Waals surface area contributed by atoms with Crippen molar-refractivity contribution in [1.82, 2.24) is 10.6 Å². The predicted molar refractivity (Wildman–Crippen MR) is 127 cm³/mol. The van der Waals surface area contributed by atoms with Gasteiger partial charge in [0.1, 0.15) is 22.9 Å². The van der Waals surface area contributed by atoms with Gasteiger partial charge < -0.3 is 29.3 Å². The molecule has 1 aliphatic heterocycles. The maximum absolute atomic E-state index is 11.0. The molecule has 0 spiro atoms. The van der Waals surface area contributed by atoms with Gasteiger partial charge in [0.25, 0.3) is 0 Å². The minimum absolute atomic E-state index is 0. The summed E-state index contributed by atoms with van der Waals surface area (Å²) < 4.78 is 16.8. The molecule has 3 rings (SSSR count). The second-order valence-corrected chi connectivity index (χ2v) is 7.89. The predicted octanol–water partition coefficient (Wildman–Crippen LogP) is 3.66. The normalized spacial score (nSPS) is 19.1. The van der Waals surface area contributed by atoms with Crippen LogP contribution >= 0.6 is 24.0 Å². The molecule has 2 unspecified atom stereocenters. The Morgan fingerprint density at radius 1 is 1.30 bits per heavy atom. The van der Waals surface area contributed by atoms with Crippen molar-refractivity contribution in [3.05, 3.63) is 47.3 Å².